The highest BCUT2D eigenvalue weighted by Gasteiger charge is 2.45. The zero-order valence-corrected chi connectivity index (χ0v) is 14.8. The predicted molar refractivity (Wildman–Crippen MR) is 94.4 cm³/mol. The Hall–Kier alpha value is -1.92. The number of carbonyl (C=O) groups is 1. The molecule has 2 aliphatic heterocycles. The molecule has 2 fully saturated rings. The van der Waals surface area contributed by atoms with Gasteiger partial charge in [-0.25, -0.2) is 0 Å². The smallest absolute Gasteiger partial charge is 0.256 e. The second-order valence-corrected chi connectivity index (χ2v) is 7.64. The second-order valence-electron chi connectivity index (χ2n) is 7.64. The Morgan fingerprint density at radius 1 is 1.48 bits per heavy atom. The van der Waals surface area contributed by atoms with Gasteiger partial charge in [-0.2, -0.15) is 5.10 Å². The number of H-pyrrole nitrogens is 1. The summed E-state index contributed by atoms with van der Waals surface area (Å²) in [5.74, 6) is -0.0309. The minimum absolute atomic E-state index is 0.0151. The van der Waals surface area contributed by atoms with E-state index in [0.29, 0.717) is 25.2 Å². The summed E-state index contributed by atoms with van der Waals surface area (Å²) in [6.07, 6.45) is 4.24. The molecule has 0 radical (unpaired) electrons. The van der Waals surface area contributed by atoms with Crippen LogP contribution in [0.2, 0.25) is 0 Å². The number of hydrogen-bond acceptors (Lipinski definition) is 4. The first-order valence-electron chi connectivity index (χ1n) is 9.02. The van der Waals surface area contributed by atoms with Gasteiger partial charge in [0.1, 0.15) is 0 Å². The number of carbonyl (C=O) groups excluding carboxylic acids is 1. The third-order valence-electron chi connectivity index (χ3n) is 5.80. The fraction of sp³-hybridized carbons (Fsp3) is 0.579. The molecule has 6 heteroatoms. The molecular weight excluding hydrogens is 318 g/mol. The first-order valence-corrected chi connectivity index (χ1v) is 9.02. The molecule has 3 unspecified atom stereocenters. The van der Waals surface area contributed by atoms with Gasteiger partial charge in [0.15, 0.2) is 0 Å². The van der Waals surface area contributed by atoms with Gasteiger partial charge in [-0.15, -0.1) is 0 Å². The normalized spacial score (nSPS) is 30.1. The topological polar surface area (TPSA) is 78.5 Å². The van der Waals surface area contributed by atoms with Crippen molar-refractivity contribution in [2.45, 2.75) is 44.8 Å². The Balaban J connectivity index is 1.68. The number of ether oxygens (including phenoxy) is 1. The fourth-order valence-electron chi connectivity index (χ4n) is 4.37. The van der Waals surface area contributed by atoms with Crippen LogP contribution in [0.1, 0.15) is 42.1 Å². The van der Waals surface area contributed by atoms with E-state index in [1.54, 1.807) is 6.20 Å². The average Bonchev–Trinajstić information content (AvgIpc) is 3.21. The molecule has 134 valence electrons. The number of nitrogens with one attached hydrogen (secondary N) is 1. The molecule has 4 rings (SSSR count). The molecular formula is C19H25N3O3. The van der Waals surface area contributed by atoms with Gasteiger partial charge in [-0.3, -0.25) is 9.89 Å². The van der Waals surface area contributed by atoms with Crippen molar-refractivity contribution in [1.82, 2.24) is 15.1 Å². The van der Waals surface area contributed by atoms with E-state index < -0.39 is 5.60 Å². The molecule has 25 heavy (non-hydrogen) atoms. The number of amides is 1. The Labute approximate surface area is 147 Å². The van der Waals surface area contributed by atoms with Crippen molar-refractivity contribution in [3.63, 3.8) is 0 Å². The Morgan fingerprint density at radius 2 is 2.32 bits per heavy atom. The van der Waals surface area contributed by atoms with Crippen LogP contribution < -0.4 is 0 Å². The highest BCUT2D eigenvalue weighted by atomic mass is 16.5. The molecule has 0 saturated carbocycles. The van der Waals surface area contributed by atoms with Crippen molar-refractivity contribution in [3.8, 4) is 0 Å². The van der Waals surface area contributed by atoms with Gasteiger partial charge in [-0.1, -0.05) is 0 Å². The Kier molecular flexibility index (Phi) is 4.04. The van der Waals surface area contributed by atoms with Crippen molar-refractivity contribution in [2.75, 3.05) is 19.8 Å². The molecule has 6 nitrogen and oxygen atoms in total. The Morgan fingerprint density at radius 3 is 3.12 bits per heavy atom. The van der Waals surface area contributed by atoms with Crippen molar-refractivity contribution < 1.29 is 14.6 Å². The quantitative estimate of drug-likeness (QED) is 0.877. The van der Waals surface area contributed by atoms with Crippen molar-refractivity contribution >= 4 is 16.8 Å². The number of likely N-dealkylation sites (tertiary alicyclic amines) is 1. The number of benzene rings is 1. The SMILES string of the molecule is Cc1cc(C(=O)N2CCCC2C2COCCC2(C)O)c2[nH]ncc2c1. The fourth-order valence-corrected chi connectivity index (χ4v) is 4.37. The highest BCUT2D eigenvalue weighted by molar-refractivity contribution is 6.06. The third kappa shape index (κ3) is 2.83. The predicted octanol–water partition coefficient (Wildman–Crippen LogP) is 2.26. The van der Waals surface area contributed by atoms with Gasteiger partial charge in [0.05, 0.1) is 29.5 Å². The van der Waals surface area contributed by atoms with Crippen LogP contribution in [0.15, 0.2) is 18.3 Å². The molecule has 1 amide bonds. The van der Waals surface area contributed by atoms with Crippen LogP contribution in [-0.4, -0.2) is 57.5 Å². The molecule has 2 N–H and O–H groups in total. The molecule has 0 spiro atoms. The second kappa shape index (κ2) is 6.11. The zero-order valence-electron chi connectivity index (χ0n) is 14.8. The average molecular weight is 343 g/mol. The lowest BCUT2D eigenvalue weighted by Crippen LogP contribution is -2.53. The molecule has 0 aliphatic carbocycles. The summed E-state index contributed by atoms with van der Waals surface area (Å²) in [5, 5.41) is 18.8. The number of aliphatic hydroxyl groups is 1. The lowest BCUT2D eigenvalue weighted by Gasteiger charge is -2.43. The van der Waals surface area contributed by atoms with Gasteiger partial charge in [0.25, 0.3) is 5.91 Å². The van der Waals surface area contributed by atoms with Gasteiger partial charge in [0.2, 0.25) is 0 Å². The maximum absolute atomic E-state index is 13.3. The molecule has 0 bridgehead atoms. The standard InChI is InChI=1S/C19H25N3O3/c1-12-8-13-10-20-21-17(13)14(9-12)18(23)22-6-3-4-16(22)15-11-25-7-5-19(15,2)24/h8-10,15-16,24H,3-7,11H2,1-2H3,(H,20,21). The van der Waals surface area contributed by atoms with E-state index in [1.165, 1.54) is 0 Å². The molecule has 2 aromatic rings. The lowest BCUT2D eigenvalue weighted by molar-refractivity contribution is -0.119. The number of aryl methyl sites for hydroxylation is 1. The molecule has 3 atom stereocenters. The number of aromatic nitrogens is 2. The molecule has 3 heterocycles. The zero-order chi connectivity index (χ0) is 17.6. The summed E-state index contributed by atoms with van der Waals surface area (Å²) >= 11 is 0. The van der Waals surface area contributed by atoms with Crippen LogP contribution in [-0.2, 0) is 4.74 Å². The molecule has 1 aromatic heterocycles. The van der Waals surface area contributed by atoms with Gasteiger partial charge < -0.3 is 14.7 Å². The maximum atomic E-state index is 13.3. The summed E-state index contributed by atoms with van der Waals surface area (Å²) in [7, 11) is 0. The van der Waals surface area contributed by atoms with E-state index in [0.717, 1.165) is 35.9 Å². The number of fused-ring (bicyclic) bond motifs is 1. The monoisotopic (exact) mass is 343 g/mol. The van der Waals surface area contributed by atoms with Crippen LogP contribution in [0.4, 0.5) is 0 Å². The van der Waals surface area contributed by atoms with E-state index in [9.17, 15) is 9.90 Å². The Bertz CT molecular complexity index is 798. The van der Waals surface area contributed by atoms with Gasteiger partial charge in [0, 0.05) is 30.5 Å². The molecule has 2 saturated heterocycles. The number of nitrogens with zero attached hydrogens (tertiary/aromatic N) is 2. The van der Waals surface area contributed by atoms with Gasteiger partial charge >= 0.3 is 0 Å². The number of aromatic amines is 1. The highest BCUT2D eigenvalue weighted by Crippen LogP contribution is 2.37. The third-order valence-corrected chi connectivity index (χ3v) is 5.80. The number of rotatable bonds is 2. The van der Waals surface area contributed by atoms with Crippen molar-refractivity contribution in [1.29, 1.82) is 0 Å². The largest absolute Gasteiger partial charge is 0.390 e. The summed E-state index contributed by atoms with van der Waals surface area (Å²) in [4.78, 5) is 15.3. The van der Waals surface area contributed by atoms with E-state index in [1.807, 2.05) is 30.9 Å². The number of hydrogen-bond donors (Lipinski definition) is 2. The van der Waals surface area contributed by atoms with Crippen LogP contribution in [0, 0.1) is 12.8 Å². The molecule has 2 aliphatic rings. The summed E-state index contributed by atoms with van der Waals surface area (Å²) in [6.45, 7) is 5.68. The van der Waals surface area contributed by atoms with E-state index >= 15 is 0 Å². The minimum Gasteiger partial charge on any atom is -0.390 e. The first-order chi connectivity index (χ1) is 12.0. The van der Waals surface area contributed by atoms with E-state index in [-0.39, 0.29) is 17.9 Å². The first kappa shape index (κ1) is 16.5. The van der Waals surface area contributed by atoms with E-state index in [2.05, 4.69) is 10.2 Å². The summed E-state index contributed by atoms with van der Waals surface area (Å²) in [5.41, 5.74) is 1.70. The van der Waals surface area contributed by atoms with Gasteiger partial charge in [-0.05, 0) is 50.8 Å². The summed E-state index contributed by atoms with van der Waals surface area (Å²) in [6, 6.07) is 3.96. The van der Waals surface area contributed by atoms with Crippen molar-refractivity contribution in [2.24, 2.45) is 5.92 Å². The maximum Gasteiger partial charge on any atom is 0.256 e. The van der Waals surface area contributed by atoms with Crippen molar-refractivity contribution in [3.05, 3.63) is 29.5 Å². The van der Waals surface area contributed by atoms with Crippen LogP contribution in [0.3, 0.4) is 0 Å². The van der Waals surface area contributed by atoms with Crippen LogP contribution >= 0.6 is 0 Å². The summed E-state index contributed by atoms with van der Waals surface area (Å²) < 4.78 is 5.63. The van der Waals surface area contributed by atoms with E-state index in [4.69, 9.17) is 4.74 Å². The molecule has 1 aromatic carbocycles. The van der Waals surface area contributed by atoms with Crippen LogP contribution in [0.25, 0.3) is 10.9 Å². The minimum atomic E-state index is -0.790. The van der Waals surface area contributed by atoms with Crippen LogP contribution in [0.5, 0.6) is 0 Å². The lowest BCUT2D eigenvalue weighted by atomic mass is 9.79.